The van der Waals surface area contributed by atoms with Gasteiger partial charge in [0.15, 0.2) is 17.2 Å². The SMILES string of the molecule is CCN(C)C(=O)N(C)Cc1c(C)c(O)c(F)c(O)c1O. The molecule has 1 aromatic carbocycles. The Balaban J connectivity index is 3.14. The molecule has 20 heavy (non-hydrogen) atoms. The molecule has 6 nitrogen and oxygen atoms in total. The molecule has 2 amide bonds. The lowest BCUT2D eigenvalue weighted by Gasteiger charge is -2.25. The van der Waals surface area contributed by atoms with Crippen LogP contribution in [0, 0.1) is 12.7 Å². The maximum Gasteiger partial charge on any atom is 0.319 e. The average Bonchev–Trinajstić information content (AvgIpc) is 2.45. The summed E-state index contributed by atoms with van der Waals surface area (Å²) in [6.45, 7) is 3.65. The molecule has 0 atom stereocenters. The molecule has 0 spiro atoms. The molecule has 0 saturated carbocycles. The van der Waals surface area contributed by atoms with E-state index in [1.54, 1.807) is 7.05 Å². The highest BCUT2D eigenvalue weighted by Crippen LogP contribution is 2.41. The van der Waals surface area contributed by atoms with Gasteiger partial charge in [0.2, 0.25) is 5.82 Å². The molecule has 7 heteroatoms. The van der Waals surface area contributed by atoms with Crippen molar-refractivity contribution in [1.82, 2.24) is 9.80 Å². The number of benzene rings is 1. The molecule has 0 heterocycles. The molecule has 3 N–H and O–H groups in total. The van der Waals surface area contributed by atoms with Gasteiger partial charge in [0.1, 0.15) is 0 Å². The lowest BCUT2D eigenvalue weighted by Crippen LogP contribution is -2.38. The van der Waals surface area contributed by atoms with E-state index in [0.717, 1.165) is 0 Å². The van der Waals surface area contributed by atoms with Gasteiger partial charge >= 0.3 is 6.03 Å². The van der Waals surface area contributed by atoms with E-state index in [0.29, 0.717) is 6.54 Å². The summed E-state index contributed by atoms with van der Waals surface area (Å²) in [6, 6.07) is -0.297. The number of phenols is 3. The Kier molecular flexibility index (Phi) is 4.65. The summed E-state index contributed by atoms with van der Waals surface area (Å²) in [5.74, 6) is -3.70. The number of hydrogen-bond acceptors (Lipinski definition) is 4. The van der Waals surface area contributed by atoms with Crippen LogP contribution in [0.1, 0.15) is 18.1 Å². The quantitative estimate of drug-likeness (QED) is 0.584. The fourth-order valence-corrected chi connectivity index (χ4v) is 1.77. The second-order valence-corrected chi connectivity index (χ2v) is 4.62. The highest BCUT2D eigenvalue weighted by atomic mass is 19.1. The van der Waals surface area contributed by atoms with Gasteiger partial charge < -0.3 is 25.1 Å². The summed E-state index contributed by atoms with van der Waals surface area (Å²) in [5, 5.41) is 28.7. The van der Waals surface area contributed by atoms with E-state index < -0.39 is 23.1 Å². The van der Waals surface area contributed by atoms with E-state index in [-0.39, 0.29) is 23.7 Å². The van der Waals surface area contributed by atoms with E-state index in [4.69, 9.17) is 0 Å². The standard InChI is InChI=1S/C13H19FN2O4/c1-5-15(3)13(20)16(4)6-8-7(2)10(17)9(14)12(19)11(8)18/h17-19H,5-6H2,1-4H3. The summed E-state index contributed by atoms with van der Waals surface area (Å²) in [7, 11) is 3.12. The van der Waals surface area contributed by atoms with Crippen LogP contribution in [-0.4, -0.2) is 51.8 Å². The number of urea groups is 1. The van der Waals surface area contributed by atoms with E-state index in [2.05, 4.69) is 0 Å². The molecule has 0 aliphatic carbocycles. The first-order chi connectivity index (χ1) is 9.22. The lowest BCUT2D eigenvalue weighted by molar-refractivity contribution is 0.172. The molecule has 0 saturated heterocycles. The van der Waals surface area contributed by atoms with Crippen molar-refractivity contribution < 1.29 is 24.5 Å². The van der Waals surface area contributed by atoms with Crippen molar-refractivity contribution >= 4 is 6.03 Å². The Morgan fingerprint density at radius 2 is 1.65 bits per heavy atom. The van der Waals surface area contributed by atoms with E-state index in [1.807, 2.05) is 6.92 Å². The Morgan fingerprint density at radius 3 is 2.15 bits per heavy atom. The van der Waals surface area contributed by atoms with Gasteiger partial charge in [-0.05, 0) is 13.8 Å². The van der Waals surface area contributed by atoms with Crippen molar-refractivity contribution in [3.8, 4) is 17.2 Å². The topological polar surface area (TPSA) is 84.2 Å². The fourth-order valence-electron chi connectivity index (χ4n) is 1.77. The van der Waals surface area contributed by atoms with Crippen LogP contribution >= 0.6 is 0 Å². The normalized spacial score (nSPS) is 10.4. The molecule has 0 aliphatic rings. The highest BCUT2D eigenvalue weighted by Gasteiger charge is 2.23. The van der Waals surface area contributed by atoms with E-state index >= 15 is 0 Å². The second-order valence-electron chi connectivity index (χ2n) is 4.62. The molecule has 0 aromatic heterocycles. The smallest absolute Gasteiger partial charge is 0.319 e. The number of hydrogen-bond donors (Lipinski definition) is 3. The first kappa shape index (κ1) is 15.9. The summed E-state index contributed by atoms with van der Waals surface area (Å²) >= 11 is 0. The molecule has 1 rings (SSSR count). The van der Waals surface area contributed by atoms with Crippen molar-refractivity contribution in [3.63, 3.8) is 0 Å². The largest absolute Gasteiger partial charge is 0.505 e. The van der Waals surface area contributed by atoms with Gasteiger partial charge in [-0.25, -0.2) is 4.79 Å². The third kappa shape index (κ3) is 2.71. The first-order valence-electron chi connectivity index (χ1n) is 6.10. The minimum atomic E-state index is -1.27. The predicted octanol–water partition coefficient (Wildman–Crippen LogP) is 1.75. The number of halogens is 1. The van der Waals surface area contributed by atoms with Crippen molar-refractivity contribution in [2.45, 2.75) is 20.4 Å². The fraction of sp³-hybridized carbons (Fsp3) is 0.462. The molecule has 0 unspecified atom stereocenters. The van der Waals surface area contributed by atoms with Gasteiger partial charge in [-0.3, -0.25) is 0 Å². The summed E-state index contributed by atoms with van der Waals surface area (Å²) in [4.78, 5) is 14.7. The minimum Gasteiger partial charge on any atom is -0.505 e. The highest BCUT2D eigenvalue weighted by molar-refractivity contribution is 5.74. The van der Waals surface area contributed by atoms with Crippen LogP contribution in [0.25, 0.3) is 0 Å². The maximum absolute atomic E-state index is 13.4. The van der Waals surface area contributed by atoms with E-state index in [9.17, 15) is 24.5 Å². The molecule has 0 bridgehead atoms. The lowest BCUT2D eigenvalue weighted by atomic mass is 10.0. The Hall–Kier alpha value is -2.18. The van der Waals surface area contributed by atoms with Crippen molar-refractivity contribution in [3.05, 3.63) is 16.9 Å². The van der Waals surface area contributed by atoms with Crippen LogP contribution in [0.3, 0.4) is 0 Å². The van der Waals surface area contributed by atoms with Crippen LogP contribution in [-0.2, 0) is 6.54 Å². The van der Waals surface area contributed by atoms with Gasteiger partial charge in [0.05, 0.1) is 6.54 Å². The van der Waals surface area contributed by atoms with Crippen molar-refractivity contribution in [2.75, 3.05) is 20.6 Å². The zero-order valence-corrected chi connectivity index (χ0v) is 11.9. The zero-order chi connectivity index (χ0) is 15.6. The zero-order valence-electron chi connectivity index (χ0n) is 11.9. The molecule has 0 fully saturated rings. The second kappa shape index (κ2) is 5.85. The number of carbonyl (C=O) groups is 1. The maximum atomic E-state index is 13.4. The van der Waals surface area contributed by atoms with Crippen molar-refractivity contribution in [2.24, 2.45) is 0 Å². The number of phenolic OH excluding ortho intramolecular Hbond substituents is 3. The molecule has 112 valence electrons. The first-order valence-corrected chi connectivity index (χ1v) is 6.10. The van der Waals surface area contributed by atoms with Crippen LogP contribution in [0.5, 0.6) is 17.2 Å². The van der Waals surface area contributed by atoms with Crippen molar-refractivity contribution in [1.29, 1.82) is 0 Å². The van der Waals surface area contributed by atoms with Gasteiger partial charge in [-0.1, -0.05) is 0 Å². The molecule has 0 radical (unpaired) electrons. The molecular weight excluding hydrogens is 267 g/mol. The Bertz CT molecular complexity index is 505. The van der Waals surface area contributed by atoms with Gasteiger partial charge in [-0.2, -0.15) is 4.39 Å². The number of aromatic hydroxyl groups is 3. The van der Waals surface area contributed by atoms with E-state index in [1.165, 1.54) is 23.8 Å². The molecule has 1 aromatic rings. The average molecular weight is 286 g/mol. The number of nitrogens with zero attached hydrogens (tertiary/aromatic N) is 2. The third-order valence-electron chi connectivity index (χ3n) is 3.26. The van der Waals surface area contributed by atoms with Gasteiger partial charge in [0, 0.05) is 31.8 Å². The number of carbonyl (C=O) groups excluding carboxylic acids is 1. The van der Waals surface area contributed by atoms with Crippen LogP contribution in [0.15, 0.2) is 0 Å². The Morgan fingerprint density at radius 1 is 1.10 bits per heavy atom. The third-order valence-corrected chi connectivity index (χ3v) is 3.26. The summed E-state index contributed by atoms with van der Waals surface area (Å²) in [6.07, 6.45) is 0. The van der Waals surface area contributed by atoms with Crippen LogP contribution < -0.4 is 0 Å². The minimum absolute atomic E-state index is 0.0672. The number of amides is 2. The Labute approximate surface area is 116 Å². The monoisotopic (exact) mass is 286 g/mol. The van der Waals surface area contributed by atoms with Crippen LogP contribution in [0.4, 0.5) is 9.18 Å². The van der Waals surface area contributed by atoms with Gasteiger partial charge in [0.25, 0.3) is 0 Å². The molecular formula is C13H19FN2O4. The summed E-state index contributed by atoms with van der Waals surface area (Å²) in [5.41, 5.74) is 0.179. The summed E-state index contributed by atoms with van der Waals surface area (Å²) < 4.78 is 13.4. The predicted molar refractivity (Wildman–Crippen MR) is 71.3 cm³/mol. The number of rotatable bonds is 3. The molecule has 0 aliphatic heterocycles. The van der Waals surface area contributed by atoms with Crippen LogP contribution in [0.2, 0.25) is 0 Å². The van der Waals surface area contributed by atoms with Gasteiger partial charge in [-0.15, -0.1) is 0 Å².